The molecular weight excluding hydrogens is 366 g/mol. The zero-order chi connectivity index (χ0) is 21.2. The molecule has 0 aliphatic heterocycles. The van der Waals surface area contributed by atoms with Gasteiger partial charge in [-0.05, 0) is 19.3 Å². The Balaban J connectivity index is 3.53. The van der Waals surface area contributed by atoms with Gasteiger partial charge in [-0.15, -0.1) is 0 Å². The van der Waals surface area contributed by atoms with E-state index in [1.165, 1.54) is 12.8 Å². The van der Waals surface area contributed by atoms with Crippen molar-refractivity contribution in [2.45, 2.75) is 102 Å². The highest BCUT2D eigenvalue weighted by atomic mass is 16.4. The maximum absolute atomic E-state index is 11.8. The van der Waals surface area contributed by atoms with Crippen LogP contribution in [0.1, 0.15) is 89.9 Å². The Kier molecular flexibility index (Phi) is 16.4. The van der Waals surface area contributed by atoms with E-state index in [4.69, 9.17) is 15.3 Å². The molecule has 0 bridgehead atoms. The van der Waals surface area contributed by atoms with Crippen LogP contribution in [0.25, 0.3) is 0 Å². The van der Waals surface area contributed by atoms with Crippen LogP contribution in [0.5, 0.6) is 0 Å². The molecule has 0 saturated carbocycles. The largest absolute Gasteiger partial charge is 0.481 e. The van der Waals surface area contributed by atoms with Gasteiger partial charge in [0.25, 0.3) is 0 Å². The molecule has 0 aromatic carbocycles. The standard InChI is InChI=1S/C20H37NO7/c22-15-16(23)11-9-7-5-3-1-2-4-6-8-10-12-18(24)21-17(20(27)28)13-14-19(25)26/h16-17,22-23H,1-15H2,(H,21,24)(H,25,26)(H,27,28)/t16?,17-/m0/s1. The molecule has 1 unspecified atom stereocenters. The number of aliphatic carboxylic acids is 2. The number of rotatable bonds is 19. The van der Waals surface area contributed by atoms with Crippen molar-refractivity contribution in [2.24, 2.45) is 0 Å². The fourth-order valence-corrected chi connectivity index (χ4v) is 2.96. The van der Waals surface area contributed by atoms with Gasteiger partial charge in [-0.25, -0.2) is 4.79 Å². The van der Waals surface area contributed by atoms with E-state index in [0.717, 1.165) is 44.9 Å². The second-order valence-corrected chi connectivity index (χ2v) is 7.30. The summed E-state index contributed by atoms with van der Waals surface area (Å²) in [5, 5.41) is 37.9. The van der Waals surface area contributed by atoms with E-state index >= 15 is 0 Å². The van der Waals surface area contributed by atoms with Crippen molar-refractivity contribution < 1.29 is 34.8 Å². The molecule has 0 aliphatic carbocycles. The minimum Gasteiger partial charge on any atom is -0.481 e. The Morgan fingerprint density at radius 3 is 1.68 bits per heavy atom. The van der Waals surface area contributed by atoms with Crippen molar-refractivity contribution in [3.63, 3.8) is 0 Å². The SMILES string of the molecule is O=C(O)CC[C@H](NC(=O)CCCCCCCCCCCCC(O)CO)C(=O)O. The molecular formula is C20H37NO7. The van der Waals surface area contributed by atoms with Crippen LogP contribution < -0.4 is 5.32 Å². The number of hydrogen-bond acceptors (Lipinski definition) is 5. The smallest absolute Gasteiger partial charge is 0.326 e. The van der Waals surface area contributed by atoms with E-state index in [1.54, 1.807) is 0 Å². The highest BCUT2D eigenvalue weighted by Gasteiger charge is 2.20. The van der Waals surface area contributed by atoms with E-state index in [9.17, 15) is 19.5 Å². The number of aliphatic hydroxyl groups excluding tert-OH is 2. The van der Waals surface area contributed by atoms with Crippen LogP contribution >= 0.6 is 0 Å². The summed E-state index contributed by atoms with van der Waals surface area (Å²) in [5.41, 5.74) is 0. The molecule has 8 nitrogen and oxygen atoms in total. The van der Waals surface area contributed by atoms with Gasteiger partial charge < -0.3 is 25.7 Å². The Hall–Kier alpha value is -1.67. The highest BCUT2D eigenvalue weighted by Crippen LogP contribution is 2.12. The molecule has 0 heterocycles. The summed E-state index contributed by atoms with van der Waals surface area (Å²) in [6, 6.07) is -1.14. The van der Waals surface area contributed by atoms with Crippen LogP contribution in [0.2, 0.25) is 0 Å². The second-order valence-electron chi connectivity index (χ2n) is 7.30. The van der Waals surface area contributed by atoms with Gasteiger partial charge in [0.15, 0.2) is 0 Å². The van der Waals surface area contributed by atoms with Gasteiger partial charge in [0, 0.05) is 12.8 Å². The molecule has 0 aromatic heterocycles. The molecule has 0 rings (SSSR count). The molecule has 28 heavy (non-hydrogen) atoms. The lowest BCUT2D eigenvalue weighted by Gasteiger charge is -2.13. The molecule has 1 amide bonds. The lowest BCUT2D eigenvalue weighted by molar-refractivity contribution is -0.143. The van der Waals surface area contributed by atoms with Gasteiger partial charge in [-0.1, -0.05) is 57.8 Å². The first-order valence-electron chi connectivity index (χ1n) is 10.4. The topological polar surface area (TPSA) is 144 Å². The molecule has 0 fully saturated rings. The highest BCUT2D eigenvalue weighted by molar-refractivity contribution is 5.83. The minimum absolute atomic E-state index is 0.113. The monoisotopic (exact) mass is 403 g/mol. The molecule has 5 N–H and O–H groups in total. The van der Waals surface area contributed by atoms with Crippen LogP contribution in [-0.2, 0) is 14.4 Å². The lowest BCUT2D eigenvalue weighted by atomic mass is 10.0. The van der Waals surface area contributed by atoms with Crippen LogP contribution in [0, 0.1) is 0 Å². The van der Waals surface area contributed by atoms with Crippen LogP contribution in [0.4, 0.5) is 0 Å². The Bertz CT molecular complexity index is 442. The fraction of sp³-hybridized carbons (Fsp3) is 0.850. The minimum atomic E-state index is -1.21. The van der Waals surface area contributed by atoms with E-state index in [2.05, 4.69) is 5.32 Å². The van der Waals surface area contributed by atoms with Crippen LogP contribution in [-0.4, -0.2) is 57.0 Å². The van der Waals surface area contributed by atoms with Crippen LogP contribution in [0.3, 0.4) is 0 Å². The number of nitrogens with one attached hydrogen (secondary N) is 1. The molecule has 0 aliphatic rings. The zero-order valence-electron chi connectivity index (χ0n) is 16.8. The third-order valence-corrected chi connectivity index (χ3v) is 4.68. The van der Waals surface area contributed by atoms with Crippen LogP contribution in [0.15, 0.2) is 0 Å². The average molecular weight is 404 g/mol. The number of aliphatic hydroxyl groups is 2. The number of carbonyl (C=O) groups excluding carboxylic acids is 1. The fourth-order valence-electron chi connectivity index (χ4n) is 2.96. The third-order valence-electron chi connectivity index (χ3n) is 4.68. The molecule has 2 atom stereocenters. The summed E-state index contributed by atoms with van der Waals surface area (Å²) in [5.74, 6) is -2.63. The summed E-state index contributed by atoms with van der Waals surface area (Å²) in [6.07, 6.45) is 10.4. The maximum atomic E-state index is 11.8. The summed E-state index contributed by atoms with van der Waals surface area (Å²) < 4.78 is 0. The van der Waals surface area contributed by atoms with E-state index < -0.39 is 24.1 Å². The summed E-state index contributed by atoms with van der Waals surface area (Å²) in [6.45, 7) is -0.160. The van der Waals surface area contributed by atoms with Crippen molar-refractivity contribution in [1.29, 1.82) is 0 Å². The number of carboxylic acids is 2. The van der Waals surface area contributed by atoms with E-state index in [-0.39, 0.29) is 31.8 Å². The summed E-state index contributed by atoms with van der Waals surface area (Å²) >= 11 is 0. The first-order valence-corrected chi connectivity index (χ1v) is 10.4. The third kappa shape index (κ3) is 16.5. The van der Waals surface area contributed by atoms with Crippen molar-refractivity contribution in [3.8, 4) is 0 Å². The molecule has 8 heteroatoms. The Morgan fingerprint density at radius 1 is 0.714 bits per heavy atom. The van der Waals surface area contributed by atoms with Crippen molar-refractivity contribution in [3.05, 3.63) is 0 Å². The van der Waals surface area contributed by atoms with Gasteiger partial charge in [0.2, 0.25) is 5.91 Å². The van der Waals surface area contributed by atoms with Crippen molar-refractivity contribution >= 4 is 17.8 Å². The number of carbonyl (C=O) groups is 3. The second kappa shape index (κ2) is 17.4. The summed E-state index contributed by atoms with van der Waals surface area (Å²) in [4.78, 5) is 33.3. The molecule has 164 valence electrons. The molecule has 0 saturated heterocycles. The predicted octanol–water partition coefficient (Wildman–Crippen LogP) is 2.45. The zero-order valence-corrected chi connectivity index (χ0v) is 16.8. The molecule has 0 aromatic rings. The number of hydrogen-bond donors (Lipinski definition) is 5. The number of carboxylic acid groups (broad SMARTS) is 2. The van der Waals surface area contributed by atoms with Gasteiger partial charge in [-0.2, -0.15) is 0 Å². The van der Waals surface area contributed by atoms with Gasteiger partial charge in [-0.3, -0.25) is 9.59 Å². The number of amides is 1. The van der Waals surface area contributed by atoms with E-state index in [0.29, 0.717) is 12.8 Å². The Labute approximate surface area is 167 Å². The lowest BCUT2D eigenvalue weighted by Crippen LogP contribution is -2.41. The van der Waals surface area contributed by atoms with Gasteiger partial charge in [0.05, 0.1) is 12.7 Å². The normalized spacial score (nSPS) is 13.1. The summed E-state index contributed by atoms with van der Waals surface area (Å²) in [7, 11) is 0. The first-order chi connectivity index (χ1) is 13.4. The molecule has 0 spiro atoms. The average Bonchev–Trinajstić information content (AvgIpc) is 2.65. The quantitative estimate of drug-likeness (QED) is 0.208. The molecule has 0 radical (unpaired) electrons. The number of unbranched alkanes of at least 4 members (excludes halogenated alkanes) is 9. The predicted molar refractivity (Wildman–Crippen MR) is 105 cm³/mol. The van der Waals surface area contributed by atoms with Crippen molar-refractivity contribution in [1.82, 2.24) is 5.32 Å². The Morgan fingerprint density at radius 2 is 1.21 bits per heavy atom. The van der Waals surface area contributed by atoms with Gasteiger partial charge >= 0.3 is 11.9 Å². The van der Waals surface area contributed by atoms with Crippen molar-refractivity contribution in [2.75, 3.05) is 6.61 Å². The van der Waals surface area contributed by atoms with Gasteiger partial charge in [0.1, 0.15) is 6.04 Å². The first kappa shape index (κ1) is 26.3. The van der Waals surface area contributed by atoms with E-state index in [1.807, 2.05) is 0 Å². The maximum Gasteiger partial charge on any atom is 0.326 e.